The topological polar surface area (TPSA) is 44.2 Å². The van der Waals surface area contributed by atoms with Gasteiger partial charge in [-0.25, -0.2) is 0 Å². The fourth-order valence-electron chi connectivity index (χ4n) is 9.99. The van der Waals surface area contributed by atoms with Crippen LogP contribution in [0.5, 0.6) is 0 Å². The van der Waals surface area contributed by atoms with Crippen molar-refractivity contribution in [3.05, 3.63) is 131 Å². The Bertz CT molecular complexity index is 1790. The first-order chi connectivity index (χ1) is 27.4. The third-order valence-corrected chi connectivity index (χ3v) is 20.3. The normalized spacial score (nSPS) is 20.1. The lowest BCUT2D eigenvalue weighted by Gasteiger charge is -2.47. The van der Waals surface area contributed by atoms with Gasteiger partial charge < -0.3 is 0 Å². The maximum atomic E-state index is 6.02. The second-order valence-corrected chi connectivity index (χ2v) is 23.5. The molecule has 0 atom stereocenters. The summed E-state index contributed by atoms with van der Waals surface area (Å²) in [6.45, 7) is 37.4. The van der Waals surface area contributed by atoms with Gasteiger partial charge in [-0.3, -0.25) is 0 Å². The van der Waals surface area contributed by atoms with Crippen molar-refractivity contribution < 1.29 is 0 Å². The van der Waals surface area contributed by atoms with E-state index in [1.54, 1.807) is 0 Å². The Hall–Kier alpha value is -3.22. The summed E-state index contributed by atoms with van der Waals surface area (Å²) in [5.74, 6) is 0. The highest BCUT2D eigenvalue weighted by Gasteiger charge is 2.68. The number of benzene rings is 2. The molecule has 0 saturated carbocycles. The Morgan fingerprint density at radius 1 is 0.397 bits per heavy atom. The molecule has 0 unspecified atom stereocenters. The molecular formula is C48H72N8P2+2. The molecule has 0 radical (unpaired) electrons. The Labute approximate surface area is 353 Å². The molecule has 58 heavy (non-hydrogen) atoms. The van der Waals surface area contributed by atoms with Gasteiger partial charge in [0.25, 0.3) is 0 Å². The third kappa shape index (κ3) is 7.56. The van der Waals surface area contributed by atoms with E-state index >= 15 is 0 Å². The quantitative estimate of drug-likeness (QED) is 0.177. The molecule has 10 heteroatoms. The molecule has 0 fully saturated rings. The molecule has 2 aromatic carbocycles. The van der Waals surface area contributed by atoms with Crippen molar-refractivity contribution in [2.45, 2.75) is 159 Å². The van der Waals surface area contributed by atoms with Crippen LogP contribution in [-0.4, -0.2) is 87.8 Å². The van der Waals surface area contributed by atoms with Gasteiger partial charge in [-0.2, -0.15) is 9.34 Å². The first kappa shape index (κ1) is 44.3. The van der Waals surface area contributed by atoms with Crippen LogP contribution in [0.25, 0.3) is 0 Å². The molecule has 2 aromatic rings. The lowest BCUT2D eigenvalue weighted by molar-refractivity contribution is 0.227. The summed E-state index contributed by atoms with van der Waals surface area (Å²) in [5, 5.41) is 0. The highest BCUT2D eigenvalue weighted by molar-refractivity contribution is 7.69. The number of nitrogens with zero attached hydrogens (tertiary/aromatic N) is 8. The monoisotopic (exact) mass is 823 g/mol. The number of hydrogen-bond donors (Lipinski definition) is 0. The Balaban J connectivity index is 1.61. The molecule has 0 saturated heterocycles. The molecule has 8 nitrogen and oxygen atoms in total. The minimum atomic E-state index is -2.51. The first-order valence-corrected chi connectivity index (χ1v) is 25.0. The zero-order valence-corrected chi connectivity index (χ0v) is 40.1. The van der Waals surface area contributed by atoms with Crippen molar-refractivity contribution in [1.82, 2.24) is 28.0 Å². The van der Waals surface area contributed by atoms with Crippen LogP contribution in [0.1, 0.15) is 122 Å². The van der Waals surface area contributed by atoms with Gasteiger partial charge in [-0.05, 0) is 146 Å². The van der Waals surface area contributed by atoms with Crippen LogP contribution in [0.15, 0.2) is 129 Å². The minimum absolute atomic E-state index is 0.285. The van der Waals surface area contributed by atoms with E-state index in [2.05, 4.69) is 236 Å². The predicted octanol–water partition coefficient (Wildman–Crippen LogP) is 12.5. The van der Waals surface area contributed by atoms with Gasteiger partial charge >= 0.3 is 15.7 Å². The minimum Gasteiger partial charge on any atom is -0.169 e. The summed E-state index contributed by atoms with van der Waals surface area (Å²) in [6.07, 6.45) is 14.2. The highest BCUT2D eigenvalue weighted by atomic mass is 31.2. The van der Waals surface area contributed by atoms with E-state index in [0.717, 1.165) is 33.9 Å². The SMILES string of the molecule is CC(C)N(C(C)C)[P+]1(N(C(C)C)C(C)C)N=C(c2ccccc2)C2=C/C(=C3/C=CN4C(=C3)C(c3ccccc3)=N[P+]4(N(C(C)C)C(C)C)N(C(C)C)C(C)C)C=CN21. The van der Waals surface area contributed by atoms with E-state index < -0.39 is 15.7 Å². The molecule has 0 aliphatic carbocycles. The van der Waals surface area contributed by atoms with Crippen molar-refractivity contribution in [3.63, 3.8) is 0 Å². The molecule has 0 spiro atoms. The molecule has 0 aromatic heterocycles. The largest absolute Gasteiger partial charge is 0.384 e. The summed E-state index contributed by atoms with van der Waals surface area (Å²) < 4.78 is 28.0. The molecule has 4 aliphatic rings. The lowest BCUT2D eigenvalue weighted by Crippen LogP contribution is -2.50. The summed E-state index contributed by atoms with van der Waals surface area (Å²) in [6, 6.07) is 23.9. The third-order valence-electron chi connectivity index (χ3n) is 11.3. The molecule has 0 N–H and O–H groups in total. The lowest BCUT2D eigenvalue weighted by atomic mass is 9.97. The summed E-state index contributed by atoms with van der Waals surface area (Å²) in [4.78, 5) is 0. The molecule has 4 aliphatic heterocycles. The van der Waals surface area contributed by atoms with Gasteiger partial charge in [0.15, 0.2) is 0 Å². The smallest absolute Gasteiger partial charge is 0.169 e. The molecule has 0 amide bonds. The molecule has 0 bridgehead atoms. The zero-order chi connectivity index (χ0) is 42.4. The average Bonchev–Trinajstić information content (AvgIpc) is 3.64. The van der Waals surface area contributed by atoms with Crippen LogP contribution >= 0.6 is 15.7 Å². The highest BCUT2D eigenvalue weighted by Crippen LogP contribution is 2.78. The summed E-state index contributed by atoms with van der Waals surface area (Å²) in [5.41, 5.74) is 9.12. The van der Waals surface area contributed by atoms with Crippen molar-refractivity contribution >= 4 is 27.2 Å². The van der Waals surface area contributed by atoms with Gasteiger partial charge in [-0.15, -0.1) is 18.7 Å². The van der Waals surface area contributed by atoms with E-state index in [1.165, 1.54) is 11.1 Å². The van der Waals surface area contributed by atoms with E-state index in [4.69, 9.17) is 9.53 Å². The van der Waals surface area contributed by atoms with Crippen molar-refractivity contribution in [2.24, 2.45) is 9.53 Å². The van der Waals surface area contributed by atoms with Crippen molar-refractivity contribution in [1.29, 1.82) is 0 Å². The van der Waals surface area contributed by atoms with E-state index in [9.17, 15) is 0 Å². The van der Waals surface area contributed by atoms with Crippen LogP contribution in [0.4, 0.5) is 0 Å². The Morgan fingerprint density at radius 2 is 0.655 bits per heavy atom. The van der Waals surface area contributed by atoms with Crippen LogP contribution in [-0.2, 0) is 0 Å². The van der Waals surface area contributed by atoms with Crippen molar-refractivity contribution in [3.8, 4) is 0 Å². The predicted molar refractivity (Wildman–Crippen MR) is 253 cm³/mol. The second kappa shape index (κ2) is 17.4. The van der Waals surface area contributed by atoms with E-state index in [0.29, 0.717) is 0 Å². The molecular weight excluding hydrogens is 751 g/mol. The summed E-state index contributed by atoms with van der Waals surface area (Å²) in [7, 11) is -5.03. The fraction of sp³-hybridized carbons (Fsp3) is 0.500. The first-order valence-electron chi connectivity index (χ1n) is 21.8. The maximum absolute atomic E-state index is 6.02. The van der Waals surface area contributed by atoms with Crippen LogP contribution < -0.4 is 0 Å². The van der Waals surface area contributed by atoms with E-state index in [1.807, 2.05) is 0 Å². The zero-order valence-electron chi connectivity index (χ0n) is 38.3. The van der Waals surface area contributed by atoms with Gasteiger partial charge in [0, 0.05) is 71.9 Å². The average molecular weight is 823 g/mol. The van der Waals surface area contributed by atoms with Crippen molar-refractivity contribution in [2.75, 3.05) is 0 Å². The summed E-state index contributed by atoms with van der Waals surface area (Å²) >= 11 is 0. The van der Waals surface area contributed by atoms with Gasteiger partial charge in [0.05, 0.1) is 0 Å². The number of hydrogen-bond acceptors (Lipinski definition) is 8. The molecule has 312 valence electrons. The Kier molecular flexibility index (Phi) is 13.3. The van der Waals surface area contributed by atoms with Crippen LogP contribution in [0.2, 0.25) is 0 Å². The van der Waals surface area contributed by atoms with Gasteiger partial charge in [0.2, 0.25) is 0 Å². The number of rotatable bonds is 14. The number of allylic oxidation sites excluding steroid dienone is 8. The Morgan fingerprint density at radius 3 is 0.897 bits per heavy atom. The maximum Gasteiger partial charge on any atom is 0.384 e. The fourth-order valence-corrected chi connectivity index (χ4v) is 19.3. The standard InChI is InChI=1S/C48H72N8P2/c1-33(2)53(34(3)4)57(54(35(5)6)36(7)8)49-47(41-23-19-17-20-24-41)45-31-43(27-29-51(45)57)44-28-30-52-46(32-44)48(42-25-21-18-22-26-42)50-58(52,55(37(9)10)38(11)12)56(39(13)14)40(15)16/h17-40H,1-16H3/q+2/b44-43-. The van der Waals surface area contributed by atoms with Crippen LogP contribution in [0.3, 0.4) is 0 Å². The van der Waals surface area contributed by atoms with Gasteiger partial charge in [0.1, 0.15) is 22.8 Å². The number of fused-ring (bicyclic) bond motifs is 2. The molecule has 4 heterocycles. The molecule has 6 rings (SSSR count). The van der Waals surface area contributed by atoms with Crippen LogP contribution in [0, 0.1) is 0 Å². The van der Waals surface area contributed by atoms with E-state index in [-0.39, 0.29) is 48.3 Å². The van der Waals surface area contributed by atoms with Gasteiger partial charge in [-0.1, -0.05) is 70.2 Å². The second-order valence-electron chi connectivity index (χ2n) is 18.3.